The van der Waals surface area contributed by atoms with Crippen molar-refractivity contribution in [1.82, 2.24) is 36.5 Å². The standard InChI is InChI=1S/C50H58N8O8/c1-34(59)41-17-16-40(31-54-41)37-14-12-35(13-15-37)28-43-48(64)55-32-39-11-6-5-10-38(39)29-45(61)56-42(47(63)53-24-27-66-26-22-51)20-23-52-44(60)18-19-46(62)58-25-7-21-50(33-58,49(65)57-43)30-36-8-3-2-4-9-36/h2-6,8-19,31,42-43H,7,20-30,32-33,51H2,1H3,(H,52,60)(H,53,63)(H,55,64)(H,56,61)(H,57,65)/b19-18+/t42-,43-,50-/m0/s1. The number of amides is 6. The smallest absolute Gasteiger partial charge is 0.246 e. The normalized spacial score (nSPS) is 20.5. The van der Waals surface area contributed by atoms with Crippen LogP contribution in [0.2, 0.25) is 0 Å². The van der Waals surface area contributed by atoms with Crippen LogP contribution >= 0.6 is 0 Å². The molecule has 6 rings (SSSR count). The van der Waals surface area contributed by atoms with Gasteiger partial charge in [0.05, 0.1) is 25.0 Å². The van der Waals surface area contributed by atoms with Crippen LogP contribution in [0.3, 0.4) is 0 Å². The summed E-state index contributed by atoms with van der Waals surface area (Å²) in [6.07, 6.45) is 5.18. The molecule has 0 aliphatic carbocycles. The van der Waals surface area contributed by atoms with Gasteiger partial charge in [-0.05, 0) is 59.6 Å². The lowest BCUT2D eigenvalue weighted by atomic mass is 9.74. The number of carbonyl (C=O) groups is 7. The van der Waals surface area contributed by atoms with E-state index in [1.54, 1.807) is 41.4 Å². The van der Waals surface area contributed by atoms with Crippen molar-refractivity contribution in [2.24, 2.45) is 11.1 Å². The summed E-state index contributed by atoms with van der Waals surface area (Å²) in [4.78, 5) is 101. The first-order valence-electron chi connectivity index (χ1n) is 22.3. The van der Waals surface area contributed by atoms with E-state index < -0.39 is 47.0 Å². The number of nitrogens with one attached hydrogen (secondary N) is 5. The Kier molecular flexibility index (Phi) is 17.4. The van der Waals surface area contributed by atoms with Crippen LogP contribution < -0.4 is 32.3 Å². The van der Waals surface area contributed by atoms with Crippen LogP contribution in [0, 0.1) is 5.41 Å². The summed E-state index contributed by atoms with van der Waals surface area (Å²) in [7, 11) is 0. The zero-order valence-electron chi connectivity index (χ0n) is 37.2. The van der Waals surface area contributed by atoms with Gasteiger partial charge in [-0.2, -0.15) is 0 Å². The molecule has 4 aromatic rings. The average molecular weight is 899 g/mol. The third kappa shape index (κ3) is 13.7. The van der Waals surface area contributed by atoms with E-state index in [2.05, 4.69) is 31.6 Å². The Balaban J connectivity index is 1.30. The molecular formula is C50H58N8O8. The first kappa shape index (κ1) is 48.4. The molecule has 0 radical (unpaired) electrons. The van der Waals surface area contributed by atoms with Gasteiger partial charge in [0.2, 0.25) is 35.4 Å². The van der Waals surface area contributed by atoms with E-state index in [4.69, 9.17) is 10.5 Å². The monoisotopic (exact) mass is 898 g/mol. The van der Waals surface area contributed by atoms with E-state index in [-0.39, 0.29) is 70.2 Å². The molecule has 1 fully saturated rings. The minimum Gasteiger partial charge on any atom is -0.378 e. The first-order valence-corrected chi connectivity index (χ1v) is 22.3. The average Bonchev–Trinajstić information content (AvgIpc) is 3.32. The minimum absolute atomic E-state index is 0.00486. The molecule has 2 aliphatic rings. The number of ether oxygens (including phenoxy) is 1. The van der Waals surface area contributed by atoms with Crippen LogP contribution in [0.1, 0.15) is 58.9 Å². The minimum atomic E-state index is -1.13. The molecule has 7 N–H and O–H groups in total. The third-order valence-corrected chi connectivity index (χ3v) is 11.7. The second kappa shape index (κ2) is 23.8. The van der Waals surface area contributed by atoms with Crippen LogP contribution in [0.25, 0.3) is 11.1 Å². The molecule has 0 saturated carbocycles. The number of pyridine rings is 1. The van der Waals surface area contributed by atoms with E-state index in [1.807, 2.05) is 60.7 Å². The highest BCUT2D eigenvalue weighted by Crippen LogP contribution is 2.35. The van der Waals surface area contributed by atoms with Gasteiger partial charge in [-0.25, -0.2) is 0 Å². The SMILES string of the molecule is CC(=O)c1ccc(-c2ccc(C[C@@H]3NC(=O)[C@]4(Cc5ccccc5)CCCN(C4)C(=O)/C=C/C(=O)NCC[C@@H](C(=O)NCCOCCN)NC(=O)Cc4ccccc4CNC3=O)cc2)cn1. The molecule has 2 bridgehead atoms. The fraction of sp³-hybridized carbons (Fsp3) is 0.360. The van der Waals surface area contributed by atoms with Gasteiger partial charge in [-0.1, -0.05) is 84.9 Å². The number of hydrogen-bond acceptors (Lipinski definition) is 10. The first-order chi connectivity index (χ1) is 31.9. The van der Waals surface area contributed by atoms with Gasteiger partial charge >= 0.3 is 0 Å². The molecule has 3 atom stereocenters. The Morgan fingerprint density at radius 1 is 0.848 bits per heavy atom. The topological polar surface area (TPSA) is 231 Å². The number of benzene rings is 3. The van der Waals surface area contributed by atoms with Gasteiger partial charge in [0, 0.05) is 76.5 Å². The van der Waals surface area contributed by atoms with Crippen molar-refractivity contribution in [2.45, 2.75) is 64.1 Å². The second-order valence-corrected chi connectivity index (χ2v) is 16.6. The van der Waals surface area contributed by atoms with Crippen molar-refractivity contribution < 1.29 is 38.3 Å². The fourth-order valence-electron chi connectivity index (χ4n) is 8.18. The summed E-state index contributed by atoms with van der Waals surface area (Å²) < 4.78 is 5.36. The Morgan fingerprint density at radius 2 is 1.59 bits per heavy atom. The number of ketones is 1. The zero-order valence-corrected chi connectivity index (χ0v) is 37.2. The van der Waals surface area contributed by atoms with E-state index in [0.717, 1.165) is 34.4 Å². The zero-order chi connectivity index (χ0) is 46.9. The van der Waals surface area contributed by atoms with Crippen LogP contribution in [-0.2, 0) is 59.3 Å². The predicted octanol–water partition coefficient (Wildman–Crippen LogP) is 2.34. The molecule has 6 amide bonds. The van der Waals surface area contributed by atoms with Crippen LogP contribution in [0.15, 0.2) is 109 Å². The summed E-state index contributed by atoms with van der Waals surface area (Å²) in [5, 5.41) is 14.4. The highest BCUT2D eigenvalue weighted by atomic mass is 16.5. The van der Waals surface area contributed by atoms with Crippen molar-refractivity contribution in [3.8, 4) is 11.1 Å². The van der Waals surface area contributed by atoms with Gasteiger partial charge < -0.3 is 42.0 Å². The number of fused-ring (bicyclic) bond motifs is 3. The molecule has 346 valence electrons. The summed E-state index contributed by atoms with van der Waals surface area (Å²) in [5.74, 6) is -2.95. The number of nitrogens with two attached hydrogens (primary N) is 1. The van der Waals surface area contributed by atoms with Crippen molar-refractivity contribution in [2.75, 3.05) is 45.9 Å². The summed E-state index contributed by atoms with van der Waals surface area (Å²) in [6.45, 7) is 2.93. The van der Waals surface area contributed by atoms with Crippen LogP contribution in [0.5, 0.6) is 0 Å². The third-order valence-electron chi connectivity index (χ3n) is 11.7. The Morgan fingerprint density at radius 3 is 2.32 bits per heavy atom. The number of aromatic nitrogens is 1. The Bertz CT molecular complexity index is 2370. The molecule has 3 aromatic carbocycles. The highest BCUT2D eigenvalue weighted by molar-refractivity contribution is 5.97. The number of piperidine rings is 1. The lowest BCUT2D eigenvalue weighted by molar-refractivity contribution is -0.141. The quantitative estimate of drug-likeness (QED) is 0.0898. The van der Waals surface area contributed by atoms with E-state index in [9.17, 15) is 33.6 Å². The van der Waals surface area contributed by atoms with Gasteiger partial charge in [0.15, 0.2) is 5.78 Å². The van der Waals surface area contributed by atoms with Crippen LogP contribution in [-0.4, -0.2) is 109 Å². The van der Waals surface area contributed by atoms with Gasteiger partial charge in [0.25, 0.3) is 0 Å². The summed E-state index contributed by atoms with van der Waals surface area (Å²) in [6, 6.07) is 25.6. The molecule has 1 aromatic heterocycles. The lowest BCUT2D eigenvalue weighted by Gasteiger charge is -2.42. The van der Waals surface area contributed by atoms with E-state index >= 15 is 0 Å². The second-order valence-electron chi connectivity index (χ2n) is 16.6. The maximum Gasteiger partial charge on any atom is 0.246 e. The molecule has 0 spiro atoms. The molecule has 3 heterocycles. The lowest BCUT2D eigenvalue weighted by Crippen LogP contribution is -2.58. The predicted molar refractivity (Wildman–Crippen MR) is 247 cm³/mol. The summed E-state index contributed by atoms with van der Waals surface area (Å²) in [5.41, 5.74) is 9.27. The maximum absolute atomic E-state index is 14.9. The van der Waals surface area contributed by atoms with Crippen molar-refractivity contribution in [3.63, 3.8) is 0 Å². The highest BCUT2D eigenvalue weighted by Gasteiger charge is 2.44. The van der Waals surface area contributed by atoms with Gasteiger partial charge in [0.1, 0.15) is 17.8 Å². The Hall–Kier alpha value is -7.04. The fourth-order valence-corrected chi connectivity index (χ4v) is 8.18. The molecular weight excluding hydrogens is 841 g/mol. The van der Waals surface area contributed by atoms with Crippen LogP contribution in [0.4, 0.5) is 0 Å². The molecule has 16 nitrogen and oxygen atoms in total. The van der Waals surface area contributed by atoms with Gasteiger partial charge in [-0.15, -0.1) is 0 Å². The number of rotatable bonds is 12. The maximum atomic E-state index is 14.9. The Labute approximate surface area is 384 Å². The molecule has 66 heavy (non-hydrogen) atoms. The van der Waals surface area contributed by atoms with Crippen molar-refractivity contribution in [3.05, 3.63) is 137 Å². The van der Waals surface area contributed by atoms with Gasteiger partial charge in [-0.3, -0.25) is 38.5 Å². The molecule has 16 heteroatoms. The van der Waals surface area contributed by atoms with Crippen molar-refractivity contribution in [1.29, 1.82) is 0 Å². The number of Topliss-reactive ketones (excluding diaryl/α,β-unsaturated/α-hetero) is 1. The van der Waals surface area contributed by atoms with E-state index in [1.165, 1.54) is 6.92 Å². The van der Waals surface area contributed by atoms with Crippen molar-refractivity contribution >= 4 is 41.2 Å². The van der Waals surface area contributed by atoms with E-state index in [0.29, 0.717) is 49.4 Å². The molecule has 1 saturated heterocycles. The largest absolute Gasteiger partial charge is 0.378 e. The summed E-state index contributed by atoms with van der Waals surface area (Å²) >= 11 is 0. The number of nitrogens with zero attached hydrogens (tertiary/aromatic N) is 2. The molecule has 0 unspecified atom stereocenters. The number of carbonyl (C=O) groups excluding carboxylic acids is 7. The number of hydrogen-bond donors (Lipinski definition) is 6. The molecule has 2 aliphatic heterocycles.